The van der Waals surface area contributed by atoms with Crippen LogP contribution in [0.5, 0.6) is 0 Å². The number of benzene rings is 2. The fourth-order valence-corrected chi connectivity index (χ4v) is 4.05. The van der Waals surface area contributed by atoms with Gasteiger partial charge in [0.25, 0.3) is 5.91 Å². The monoisotopic (exact) mass is 363 g/mol. The molecule has 3 heteroatoms. The smallest absolute Gasteiger partial charge is 0.253 e. The van der Waals surface area contributed by atoms with Crippen molar-refractivity contribution in [2.45, 2.75) is 32.1 Å². The van der Waals surface area contributed by atoms with E-state index in [1.54, 1.807) is 6.08 Å². The molecule has 1 amide bonds. The first-order valence-corrected chi connectivity index (χ1v) is 9.82. The third kappa shape index (κ3) is 4.86. The van der Waals surface area contributed by atoms with Crippen LogP contribution >= 0.6 is 0 Å². The van der Waals surface area contributed by atoms with Crippen LogP contribution in [0.15, 0.2) is 61.2 Å². The van der Waals surface area contributed by atoms with Crippen LogP contribution in [-0.2, 0) is 6.42 Å². The molecule has 1 fully saturated rings. The van der Waals surface area contributed by atoms with Gasteiger partial charge in [-0.2, -0.15) is 0 Å². The normalized spacial score (nSPS) is 19.7. The highest BCUT2D eigenvalue weighted by molar-refractivity contribution is 5.94. The molecular weight excluding hydrogens is 334 g/mol. The van der Waals surface area contributed by atoms with Crippen LogP contribution in [0, 0.1) is 5.41 Å². The van der Waals surface area contributed by atoms with Crippen LogP contribution in [0.25, 0.3) is 6.08 Å². The molecule has 0 radical (unpaired) electrons. The highest BCUT2D eigenvalue weighted by Gasteiger charge is 2.36. The van der Waals surface area contributed by atoms with E-state index in [-0.39, 0.29) is 17.9 Å². The molecule has 142 valence electrons. The molecule has 3 nitrogen and oxygen atoms in total. The molecule has 1 aliphatic rings. The van der Waals surface area contributed by atoms with Crippen molar-refractivity contribution in [1.29, 1.82) is 0 Å². The van der Waals surface area contributed by atoms with Crippen molar-refractivity contribution in [2.75, 3.05) is 19.7 Å². The van der Waals surface area contributed by atoms with Crippen LogP contribution in [-0.4, -0.2) is 35.6 Å². The van der Waals surface area contributed by atoms with Crippen molar-refractivity contribution in [3.63, 3.8) is 0 Å². The van der Waals surface area contributed by atoms with Gasteiger partial charge in [0.1, 0.15) is 0 Å². The van der Waals surface area contributed by atoms with Gasteiger partial charge in [-0.3, -0.25) is 4.79 Å². The molecule has 0 spiro atoms. The summed E-state index contributed by atoms with van der Waals surface area (Å²) in [5, 5.41) is 10.1. The zero-order valence-corrected chi connectivity index (χ0v) is 15.9. The molecule has 1 unspecified atom stereocenters. The van der Waals surface area contributed by atoms with Crippen LogP contribution < -0.4 is 0 Å². The average molecular weight is 364 g/mol. The van der Waals surface area contributed by atoms with Gasteiger partial charge in [0.2, 0.25) is 0 Å². The molecule has 1 heterocycles. The standard InChI is InChI=1S/C24H29NO2/c1-2-20-11-13-22(14-12-20)23(27)25-17-7-16-24(18-25,19-26)15-6-10-21-8-4-3-5-9-21/h2-5,8-9,11-14,26H,1,6-7,10,15-19H2. The zero-order chi connectivity index (χ0) is 19.1. The number of carbonyl (C=O) groups excluding carboxylic acids is 1. The SMILES string of the molecule is C=Cc1ccc(C(=O)N2CCCC(CO)(CCCc3ccccc3)C2)cc1. The molecule has 27 heavy (non-hydrogen) atoms. The number of aliphatic hydroxyl groups is 1. The number of likely N-dealkylation sites (tertiary alicyclic amines) is 1. The Morgan fingerprint density at radius 3 is 2.56 bits per heavy atom. The lowest BCUT2D eigenvalue weighted by Gasteiger charge is -2.42. The minimum absolute atomic E-state index is 0.0613. The van der Waals surface area contributed by atoms with E-state index in [9.17, 15) is 9.90 Å². The fourth-order valence-electron chi connectivity index (χ4n) is 4.05. The second-order valence-corrected chi connectivity index (χ2v) is 7.65. The Labute approximate surface area is 162 Å². The van der Waals surface area contributed by atoms with E-state index in [4.69, 9.17) is 0 Å². The number of hydrogen-bond acceptors (Lipinski definition) is 2. The van der Waals surface area contributed by atoms with Crippen molar-refractivity contribution in [3.05, 3.63) is 77.9 Å². The lowest BCUT2D eigenvalue weighted by Crippen LogP contribution is -2.48. The van der Waals surface area contributed by atoms with Gasteiger partial charge in [0.05, 0.1) is 6.61 Å². The number of amides is 1. The molecule has 1 N–H and O–H groups in total. The van der Waals surface area contributed by atoms with Crippen molar-refractivity contribution >= 4 is 12.0 Å². The van der Waals surface area contributed by atoms with E-state index in [1.165, 1.54) is 5.56 Å². The Morgan fingerprint density at radius 1 is 1.15 bits per heavy atom. The number of aliphatic hydroxyl groups excluding tert-OH is 1. The van der Waals surface area contributed by atoms with Gasteiger partial charge in [-0.05, 0) is 55.4 Å². The maximum absolute atomic E-state index is 12.9. The first-order valence-electron chi connectivity index (χ1n) is 9.82. The second-order valence-electron chi connectivity index (χ2n) is 7.65. The first kappa shape index (κ1) is 19.4. The van der Waals surface area contributed by atoms with E-state index < -0.39 is 0 Å². The van der Waals surface area contributed by atoms with Gasteiger partial charge >= 0.3 is 0 Å². The van der Waals surface area contributed by atoms with E-state index >= 15 is 0 Å². The fraction of sp³-hybridized carbons (Fsp3) is 0.375. The highest BCUT2D eigenvalue weighted by Crippen LogP contribution is 2.35. The largest absolute Gasteiger partial charge is 0.396 e. The van der Waals surface area contributed by atoms with E-state index in [0.717, 1.165) is 44.2 Å². The predicted molar refractivity (Wildman–Crippen MR) is 111 cm³/mol. The second kappa shape index (κ2) is 9.01. The number of carbonyl (C=O) groups is 1. The third-order valence-electron chi connectivity index (χ3n) is 5.69. The molecule has 0 aliphatic carbocycles. The summed E-state index contributed by atoms with van der Waals surface area (Å²) in [6.45, 7) is 5.30. The third-order valence-corrected chi connectivity index (χ3v) is 5.69. The molecule has 1 atom stereocenters. The molecule has 1 aliphatic heterocycles. The number of rotatable bonds is 7. The maximum atomic E-state index is 12.9. The summed E-state index contributed by atoms with van der Waals surface area (Å²) < 4.78 is 0. The Balaban J connectivity index is 1.62. The molecule has 0 aromatic heterocycles. The van der Waals surface area contributed by atoms with Crippen molar-refractivity contribution in [3.8, 4) is 0 Å². The topological polar surface area (TPSA) is 40.5 Å². The average Bonchev–Trinajstić information content (AvgIpc) is 2.74. The lowest BCUT2D eigenvalue weighted by molar-refractivity contribution is 0.0216. The number of hydrogen-bond donors (Lipinski definition) is 1. The summed E-state index contributed by atoms with van der Waals surface area (Å²) in [6, 6.07) is 18.0. The molecular formula is C24H29NO2. The van der Waals surface area contributed by atoms with Crippen molar-refractivity contribution in [1.82, 2.24) is 4.90 Å². The van der Waals surface area contributed by atoms with Crippen LogP contribution in [0.2, 0.25) is 0 Å². The minimum atomic E-state index is -0.177. The lowest BCUT2D eigenvalue weighted by atomic mass is 9.76. The summed E-state index contributed by atoms with van der Waals surface area (Å²) in [7, 11) is 0. The minimum Gasteiger partial charge on any atom is -0.396 e. The summed E-state index contributed by atoms with van der Waals surface area (Å²) in [4.78, 5) is 14.8. The molecule has 0 saturated carbocycles. The van der Waals surface area contributed by atoms with Crippen LogP contribution in [0.4, 0.5) is 0 Å². The molecule has 3 rings (SSSR count). The summed E-state index contributed by atoms with van der Waals surface area (Å²) in [5.74, 6) is 0.0613. The van der Waals surface area contributed by atoms with Gasteiger partial charge in [-0.1, -0.05) is 55.1 Å². The van der Waals surface area contributed by atoms with Gasteiger partial charge in [0.15, 0.2) is 0 Å². The molecule has 1 saturated heterocycles. The van der Waals surface area contributed by atoms with Crippen molar-refractivity contribution < 1.29 is 9.90 Å². The van der Waals surface area contributed by atoms with E-state index in [1.807, 2.05) is 35.2 Å². The van der Waals surface area contributed by atoms with Crippen LogP contribution in [0.3, 0.4) is 0 Å². The highest BCUT2D eigenvalue weighted by atomic mass is 16.3. The molecule has 2 aromatic carbocycles. The van der Waals surface area contributed by atoms with Gasteiger partial charge in [-0.15, -0.1) is 0 Å². The summed E-state index contributed by atoms with van der Waals surface area (Å²) >= 11 is 0. The predicted octanol–water partition coefficient (Wildman–Crippen LogP) is 4.57. The number of aryl methyl sites for hydroxylation is 1. The Kier molecular flexibility index (Phi) is 6.46. The van der Waals surface area contributed by atoms with Crippen molar-refractivity contribution in [2.24, 2.45) is 5.41 Å². The van der Waals surface area contributed by atoms with Gasteiger partial charge in [-0.25, -0.2) is 0 Å². The quantitative estimate of drug-likeness (QED) is 0.783. The van der Waals surface area contributed by atoms with Gasteiger partial charge in [0, 0.05) is 24.1 Å². The Morgan fingerprint density at radius 2 is 1.89 bits per heavy atom. The zero-order valence-electron chi connectivity index (χ0n) is 15.9. The summed E-state index contributed by atoms with van der Waals surface area (Å²) in [6.07, 6.45) is 6.69. The Bertz CT molecular complexity index is 754. The van der Waals surface area contributed by atoms with E-state index in [0.29, 0.717) is 12.1 Å². The Hall–Kier alpha value is -2.39. The van der Waals surface area contributed by atoms with E-state index in [2.05, 4.69) is 30.8 Å². The number of piperidine rings is 1. The van der Waals surface area contributed by atoms with Gasteiger partial charge < -0.3 is 10.0 Å². The first-order chi connectivity index (χ1) is 13.2. The maximum Gasteiger partial charge on any atom is 0.253 e. The molecule has 0 bridgehead atoms. The summed E-state index contributed by atoms with van der Waals surface area (Å²) in [5.41, 5.74) is 2.87. The number of nitrogens with zero attached hydrogens (tertiary/aromatic N) is 1. The molecule has 2 aromatic rings. The van der Waals surface area contributed by atoms with Crippen LogP contribution in [0.1, 0.15) is 47.2 Å².